The van der Waals surface area contributed by atoms with E-state index in [0.717, 1.165) is 5.56 Å². The predicted molar refractivity (Wildman–Crippen MR) is 49.0 cm³/mol. The van der Waals surface area contributed by atoms with Gasteiger partial charge < -0.3 is 10.5 Å². The third kappa shape index (κ3) is 1.21. The third-order valence-corrected chi connectivity index (χ3v) is 2.36. The van der Waals surface area contributed by atoms with E-state index in [1.807, 2.05) is 12.1 Å². The monoisotopic (exact) mass is 177 g/mol. The van der Waals surface area contributed by atoms with Crippen molar-refractivity contribution in [1.82, 2.24) is 0 Å². The lowest BCUT2D eigenvalue weighted by molar-refractivity contribution is 0.0974. The van der Waals surface area contributed by atoms with Crippen molar-refractivity contribution in [3.8, 4) is 5.75 Å². The van der Waals surface area contributed by atoms with Gasteiger partial charge in [0.2, 0.25) is 0 Å². The molecule has 2 N–H and O–H groups in total. The van der Waals surface area contributed by atoms with Gasteiger partial charge in [-0.15, -0.1) is 0 Å². The molecule has 1 aliphatic rings. The van der Waals surface area contributed by atoms with Crippen LogP contribution in [0.3, 0.4) is 0 Å². The molecule has 0 saturated heterocycles. The summed E-state index contributed by atoms with van der Waals surface area (Å²) >= 11 is 0. The Morgan fingerprint density at radius 2 is 2.31 bits per heavy atom. The molecular weight excluding hydrogens is 166 g/mol. The fourth-order valence-corrected chi connectivity index (χ4v) is 1.62. The van der Waals surface area contributed by atoms with Gasteiger partial charge in [-0.25, -0.2) is 0 Å². The third-order valence-electron chi connectivity index (χ3n) is 2.36. The van der Waals surface area contributed by atoms with E-state index in [1.54, 1.807) is 13.2 Å². The summed E-state index contributed by atoms with van der Waals surface area (Å²) in [5.41, 5.74) is 7.37. The summed E-state index contributed by atoms with van der Waals surface area (Å²) in [6.45, 7) is 0. The van der Waals surface area contributed by atoms with Crippen LogP contribution in [-0.2, 0) is 6.42 Å². The molecule has 2 rings (SSSR count). The Hall–Kier alpha value is -1.35. The van der Waals surface area contributed by atoms with Crippen molar-refractivity contribution >= 4 is 5.78 Å². The standard InChI is InChI=1S/C10H11NO2/c1-13-7-3-2-6-4-9(11)10(12)8(6)5-7/h2-3,5,9H,4,11H2,1H3/t9-/m0/s1. The van der Waals surface area contributed by atoms with Crippen LogP contribution in [0.2, 0.25) is 0 Å². The van der Waals surface area contributed by atoms with Crippen LogP contribution < -0.4 is 10.5 Å². The molecule has 0 radical (unpaired) electrons. The molecule has 0 aliphatic heterocycles. The van der Waals surface area contributed by atoms with Crippen LogP contribution in [0, 0.1) is 0 Å². The summed E-state index contributed by atoms with van der Waals surface area (Å²) in [6, 6.07) is 5.15. The first kappa shape index (κ1) is 8.26. The highest BCUT2D eigenvalue weighted by atomic mass is 16.5. The second-order valence-electron chi connectivity index (χ2n) is 3.20. The molecule has 68 valence electrons. The van der Waals surface area contributed by atoms with Gasteiger partial charge in [0.1, 0.15) is 5.75 Å². The van der Waals surface area contributed by atoms with Crippen LogP contribution >= 0.6 is 0 Å². The highest BCUT2D eigenvalue weighted by molar-refractivity contribution is 6.04. The normalized spacial score (nSPS) is 20.2. The fourth-order valence-electron chi connectivity index (χ4n) is 1.62. The average molecular weight is 177 g/mol. The molecule has 0 spiro atoms. The summed E-state index contributed by atoms with van der Waals surface area (Å²) in [5.74, 6) is 0.732. The van der Waals surface area contributed by atoms with Crippen LogP contribution in [0.4, 0.5) is 0 Å². The van der Waals surface area contributed by atoms with Crippen LogP contribution in [0.25, 0.3) is 0 Å². The maximum Gasteiger partial charge on any atom is 0.180 e. The lowest BCUT2D eigenvalue weighted by Crippen LogP contribution is -2.26. The van der Waals surface area contributed by atoms with Crippen LogP contribution in [-0.4, -0.2) is 18.9 Å². The number of rotatable bonds is 1. The molecule has 1 aromatic rings. The molecule has 3 nitrogen and oxygen atoms in total. The van der Waals surface area contributed by atoms with E-state index >= 15 is 0 Å². The average Bonchev–Trinajstić information content (AvgIpc) is 2.43. The zero-order chi connectivity index (χ0) is 9.42. The zero-order valence-corrected chi connectivity index (χ0v) is 7.41. The summed E-state index contributed by atoms with van der Waals surface area (Å²) in [7, 11) is 1.58. The van der Waals surface area contributed by atoms with Gasteiger partial charge in [-0.3, -0.25) is 4.79 Å². The van der Waals surface area contributed by atoms with E-state index in [4.69, 9.17) is 10.5 Å². The number of methoxy groups -OCH3 is 1. The van der Waals surface area contributed by atoms with Crippen LogP contribution in [0.15, 0.2) is 18.2 Å². The van der Waals surface area contributed by atoms with Gasteiger partial charge in [0, 0.05) is 5.56 Å². The lowest BCUT2D eigenvalue weighted by atomic mass is 10.1. The van der Waals surface area contributed by atoms with E-state index in [1.165, 1.54) is 0 Å². The zero-order valence-electron chi connectivity index (χ0n) is 7.41. The number of ketones is 1. The van der Waals surface area contributed by atoms with Gasteiger partial charge >= 0.3 is 0 Å². The number of hydrogen-bond acceptors (Lipinski definition) is 3. The lowest BCUT2D eigenvalue weighted by Gasteiger charge is -2.01. The summed E-state index contributed by atoms with van der Waals surface area (Å²) < 4.78 is 5.03. The van der Waals surface area contributed by atoms with E-state index in [-0.39, 0.29) is 11.8 Å². The molecule has 0 fully saturated rings. The molecule has 0 saturated carbocycles. The number of fused-ring (bicyclic) bond motifs is 1. The molecule has 1 aromatic carbocycles. The van der Waals surface area contributed by atoms with Crippen molar-refractivity contribution in [2.75, 3.05) is 7.11 Å². The van der Waals surface area contributed by atoms with E-state index in [9.17, 15) is 4.79 Å². The molecule has 1 atom stereocenters. The molecule has 0 amide bonds. The number of Topliss-reactive ketones (excluding diaryl/α,β-unsaturated/α-hetero) is 1. The van der Waals surface area contributed by atoms with Crippen molar-refractivity contribution in [3.63, 3.8) is 0 Å². The van der Waals surface area contributed by atoms with Gasteiger partial charge in [0.25, 0.3) is 0 Å². The number of carbonyl (C=O) groups is 1. The Bertz CT molecular complexity index is 360. The maximum absolute atomic E-state index is 11.5. The number of hydrogen-bond donors (Lipinski definition) is 1. The largest absolute Gasteiger partial charge is 0.497 e. The second kappa shape index (κ2) is 2.85. The molecular formula is C10H11NO2. The molecule has 0 heterocycles. The second-order valence-corrected chi connectivity index (χ2v) is 3.20. The van der Waals surface area contributed by atoms with E-state index in [2.05, 4.69) is 0 Å². The number of benzene rings is 1. The van der Waals surface area contributed by atoms with Gasteiger partial charge in [-0.1, -0.05) is 6.07 Å². The Morgan fingerprint density at radius 3 is 3.00 bits per heavy atom. The quantitative estimate of drug-likeness (QED) is 0.689. The van der Waals surface area contributed by atoms with E-state index < -0.39 is 0 Å². The van der Waals surface area contributed by atoms with E-state index in [0.29, 0.717) is 17.7 Å². The number of ether oxygens (including phenoxy) is 1. The molecule has 0 unspecified atom stereocenters. The van der Waals surface area contributed by atoms with Crippen molar-refractivity contribution in [2.45, 2.75) is 12.5 Å². The fraction of sp³-hybridized carbons (Fsp3) is 0.300. The molecule has 13 heavy (non-hydrogen) atoms. The number of nitrogens with two attached hydrogens (primary N) is 1. The minimum atomic E-state index is -0.359. The first-order valence-corrected chi connectivity index (χ1v) is 4.19. The van der Waals surface area contributed by atoms with Crippen molar-refractivity contribution < 1.29 is 9.53 Å². The van der Waals surface area contributed by atoms with Gasteiger partial charge in [0.15, 0.2) is 5.78 Å². The SMILES string of the molecule is COc1ccc2c(c1)C(=O)[C@@H](N)C2. The van der Waals surface area contributed by atoms with Crippen LogP contribution in [0.1, 0.15) is 15.9 Å². The summed E-state index contributed by atoms with van der Waals surface area (Å²) in [4.78, 5) is 11.5. The highest BCUT2D eigenvalue weighted by Gasteiger charge is 2.27. The summed E-state index contributed by atoms with van der Waals surface area (Å²) in [5, 5.41) is 0. The summed E-state index contributed by atoms with van der Waals surface area (Å²) in [6.07, 6.45) is 0.651. The Labute approximate surface area is 76.5 Å². The van der Waals surface area contributed by atoms with Crippen LogP contribution in [0.5, 0.6) is 5.75 Å². The minimum absolute atomic E-state index is 0.0221. The minimum Gasteiger partial charge on any atom is -0.497 e. The van der Waals surface area contributed by atoms with Gasteiger partial charge in [-0.05, 0) is 24.1 Å². The van der Waals surface area contributed by atoms with Crippen molar-refractivity contribution in [1.29, 1.82) is 0 Å². The smallest absolute Gasteiger partial charge is 0.180 e. The maximum atomic E-state index is 11.5. The Balaban J connectivity index is 2.48. The first-order chi connectivity index (χ1) is 6.22. The molecule has 0 aromatic heterocycles. The highest BCUT2D eigenvalue weighted by Crippen LogP contribution is 2.25. The Morgan fingerprint density at radius 1 is 1.54 bits per heavy atom. The Kier molecular flexibility index (Phi) is 1.81. The van der Waals surface area contributed by atoms with Gasteiger partial charge in [0.05, 0.1) is 13.2 Å². The first-order valence-electron chi connectivity index (χ1n) is 4.19. The molecule has 1 aliphatic carbocycles. The predicted octanol–water partition coefficient (Wildman–Crippen LogP) is 0.761. The number of carbonyl (C=O) groups excluding carboxylic acids is 1. The van der Waals surface area contributed by atoms with Crippen molar-refractivity contribution in [3.05, 3.63) is 29.3 Å². The van der Waals surface area contributed by atoms with Gasteiger partial charge in [-0.2, -0.15) is 0 Å². The van der Waals surface area contributed by atoms with Crippen molar-refractivity contribution in [2.24, 2.45) is 5.73 Å². The molecule has 0 bridgehead atoms. The topological polar surface area (TPSA) is 52.3 Å². The molecule has 3 heteroatoms.